The van der Waals surface area contributed by atoms with Crippen molar-refractivity contribution >= 4 is 38.9 Å². The van der Waals surface area contributed by atoms with Crippen LogP contribution in [0.1, 0.15) is 19.4 Å². The molecule has 132 valence electrons. The van der Waals surface area contributed by atoms with E-state index in [1.807, 2.05) is 6.92 Å². The molecule has 5 nitrogen and oxygen atoms in total. The number of benzene rings is 2. The largest absolute Gasteiger partial charge is 0.306 e. The number of hydrogen-bond donors (Lipinski definition) is 0. The fourth-order valence-corrected chi connectivity index (χ4v) is 4.94. The first-order valence-electron chi connectivity index (χ1n) is 7.93. The lowest BCUT2D eigenvalue weighted by atomic mass is 10.1. The molecule has 2 aromatic carbocycles. The molecule has 0 bridgehead atoms. The van der Waals surface area contributed by atoms with Gasteiger partial charge in [0.05, 0.1) is 29.7 Å². The maximum atomic E-state index is 13.0. The summed E-state index contributed by atoms with van der Waals surface area (Å²) >= 11 is 5.87. The predicted octanol–water partition coefficient (Wildman–Crippen LogP) is 3.43. The molecular weight excluding hydrogens is 360 g/mol. The number of amides is 1. The summed E-state index contributed by atoms with van der Waals surface area (Å²) in [5.41, 5.74) is 1.82. The standard InChI is InChI=1S/C18H19ClN2O3S/c1-13-11-20(17-5-3-4-6-18(17)21(13)14(2)22)25(23,24)12-15-7-9-16(19)10-8-15/h3-10,13H,11-12H2,1-2H3/t13-/m0/s1. The fourth-order valence-electron chi connectivity index (χ4n) is 3.15. The third-order valence-corrected chi connectivity index (χ3v) is 6.19. The van der Waals surface area contributed by atoms with Crippen LogP contribution in [0.5, 0.6) is 0 Å². The zero-order valence-corrected chi connectivity index (χ0v) is 15.6. The fraction of sp³-hybridized carbons (Fsp3) is 0.278. The van der Waals surface area contributed by atoms with Gasteiger partial charge in [-0.15, -0.1) is 0 Å². The van der Waals surface area contributed by atoms with Crippen LogP contribution in [0.25, 0.3) is 0 Å². The van der Waals surface area contributed by atoms with Crippen molar-refractivity contribution in [2.24, 2.45) is 0 Å². The lowest BCUT2D eigenvalue weighted by Crippen LogP contribution is -2.51. The SMILES string of the molecule is CC(=O)N1c2ccccc2N(S(=O)(=O)Cc2ccc(Cl)cc2)C[C@@H]1C. The second kappa shape index (κ2) is 6.69. The normalized spacial score (nSPS) is 17.3. The van der Waals surface area contributed by atoms with Crippen LogP contribution in [0.15, 0.2) is 48.5 Å². The number of nitrogens with zero attached hydrogens (tertiary/aromatic N) is 2. The number of carbonyl (C=O) groups is 1. The number of hydrogen-bond acceptors (Lipinski definition) is 3. The van der Waals surface area contributed by atoms with E-state index < -0.39 is 10.0 Å². The zero-order valence-electron chi connectivity index (χ0n) is 14.0. The topological polar surface area (TPSA) is 57.7 Å². The van der Waals surface area contributed by atoms with Crippen molar-refractivity contribution in [2.45, 2.75) is 25.6 Å². The lowest BCUT2D eigenvalue weighted by molar-refractivity contribution is -0.117. The highest BCUT2D eigenvalue weighted by Crippen LogP contribution is 2.37. The van der Waals surface area contributed by atoms with Crippen LogP contribution in [-0.2, 0) is 20.6 Å². The number of anilines is 2. The Balaban J connectivity index is 2.00. The Bertz CT molecular complexity index is 897. The molecule has 1 heterocycles. The minimum absolute atomic E-state index is 0.102. The van der Waals surface area contributed by atoms with Gasteiger partial charge >= 0.3 is 0 Å². The average molecular weight is 379 g/mol. The van der Waals surface area contributed by atoms with Gasteiger partial charge in [-0.3, -0.25) is 9.10 Å². The highest BCUT2D eigenvalue weighted by molar-refractivity contribution is 7.92. The van der Waals surface area contributed by atoms with Gasteiger partial charge in [0.2, 0.25) is 15.9 Å². The summed E-state index contributed by atoms with van der Waals surface area (Å²) in [7, 11) is -3.59. The van der Waals surface area contributed by atoms with Gasteiger partial charge in [-0.2, -0.15) is 0 Å². The molecule has 25 heavy (non-hydrogen) atoms. The Morgan fingerprint density at radius 3 is 2.32 bits per heavy atom. The predicted molar refractivity (Wildman–Crippen MR) is 100 cm³/mol. The molecule has 0 radical (unpaired) electrons. The van der Waals surface area contributed by atoms with Crippen molar-refractivity contribution in [3.63, 3.8) is 0 Å². The molecule has 0 aromatic heterocycles. The van der Waals surface area contributed by atoms with Crippen LogP contribution in [0.4, 0.5) is 11.4 Å². The molecule has 1 aliphatic heterocycles. The summed E-state index contributed by atoms with van der Waals surface area (Å²) in [4.78, 5) is 13.6. The van der Waals surface area contributed by atoms with E-state index in [2.05, 4.69) is 0 Å². The molecule has 0 saturated heterocycles. The van der Waals surface area contributed by atoms with E-state index in [1.165, 1.54) is 11.2 Å². The molecule has 0 unspecified atom stereocenters. The van der Waals surface area contributed by atoms with E-state index in [0.29, 0.717) is 22.0 Å². The van der Waals surface area contributed by atoms with Crippen LogP contribution in [0.2, 0.25) is 5.02 Å². The molecule has 3 rings (SSSR count). The first-order valence-corrected chi connectivity index (χ1v) is 9.92. The van der Waals surface area contributed by atoms with Crippen molar-refractivity contribution in [3.05, 3.63) is 59.1 Å². The molecule has 1 amide bonds. The van der Waals surface area contributed by atoms with Crippen LogP contribution in [0, 0.1) is 0 Å². The van der Waals surface area contributed by atoms with Gasteiger partial charge in [-0.05, 0) is 36.8 Å². The molecule has 0 spiro atoms. The van der Waals surface area contributed by atoms with Crippen molar-refractivity contribution < 1.29 is 13.2 Å². The molecule has 2 aromatic rings. The number of sulfonamides is 1. The third-order valence-electron chi connectivity index (χ3n) is 4.22. The summed E-state index contributed by atoms with van der Waals surface area (Å²) in [5.74, 6) is -0.222. The Morgan fingerprint density at radius 1 is 1.12 bits per heavy atom. The highest BCUT2D eigenvalue weighted by Gasteiger charge is 2.35. The van der Waals surface area contributed by atoms with Gasteiger partial charge in [-0.1, -0.05) is 35.9 Å². The van der Waals surface area contributed by atoms with Crippen molar-refractivity contribution in [1.29, 1.82) is 0 Å². The lowest BCUT2D eigenvalue weighted by Gasteiger charge is -2.41. The number of para-hydroxylation sites is 2. The van der Waals surface area contributed by atoms with E-state index in [0.717, 1.165) is 0 Å². The molecule has 0 fully saturated rings. The maximum absolute atomic E-state index is 13.0. The van der Waals surface area contributed by atoms with Crippen molar-refractivity contribution in [2.75, 3.05) is 15.7 Å². The van der Waals surface area contributed by atoms with Crippen LogP contribution in [0.3, 0.4) is 0 Å². The summed E-state index contributed by atoms with van der Waals surface area (Å²) < 4.78 is 27.4. The molecule has 0 saturated carbocycles. The number of fused-ring (bicyclic) bond motifs is 1. The Labute approximate surface area is 152 Å². The molecule has 1 atom stereocenters. The van der Waals surface area contributed by atoms with Gasteiger partial charge in [0.15, 0.2) is 0 Å². The molecular formula is C18H19ClN2O3S. The number of halogens is 1. The van der Waals surface area contributed by atoms with E-state index >= 15 is 0 Å². The minimum atomic E-state index is -3.59. The Hall–Kier alpha value is -2.05. The van der Waals surface area contributed by atoms with E-state index in [9.17, 15) is 13.2 Å². The molecule has 0 N–H and O–H groups in total. The van der Waals surface area contributed by atoms with E-state index in [4.69, 9.17) is 11.6 Å². The molecule has 7 heteroatoms. The second-order valence-corrected chi connectivity index (χ2v) is 8.47. The minimum Gasteiger partial charge on any atom is -0.306 e. The first kappa shape index (κ1) is 17.8. The summed E-state index contributed by atoms with van der Waals surface area (Å²) in [6.07, 6.45) is 0. The van der Waals surface area contributed by atoms with Gasteiger partial charge < -0.3 is 4.90 Å². The van der Waals surface area contributed by atoms with E-state index in [-0.39, 0.29) is 24.2 Å². The van der Waals surface area contributed by atoms with E-state index in [1.54, 1.807) is 53.4 Å². The van der Waals surface area contributed by atoms with Crippen LogP contribution < -0.4 is 9.21 Å². The van der Waals surface area contributed by atoms with Gasteiger partial charge in [0, 0.05) is 11.9 Å². The molecule has 1 aliphatic rings. The van der Waals surface area contributed by atoms with Gasteiger partial charge in [0.1, 0.15) is 0 Å². The maximum Gasteiger partial charge on any atom is 0.239 e. The van der Waals surface area contributed by atoms with Gasteiger partial charge in [-0.25, -0.2) is 8.42 Å². The quantitative estimate of drug-likeness (QED) is 0.822. The molecule has 0 aliphatic carbocycles. The first-order chi connectivity index (χ1) is 11.8. The summed E-state index contributed by atoms with van der Waals surface area (Å²) in [5, 5.41) is 0.565. The monoisotopic (exact) mass is 378 g/mol. The summed E-state index contributed by atoms with van der Waals surface area (Å²) in [6.45, 7) is 3.57. The smallest absolute Gasteiger partial charge is 0.239 e. The zero-order chi connectivity index (χ0) is 18.2. The van der Waals surface area contributed by atoms with Crippen LogP contribution >= 0.6 is 11.6 Å². The Morgan fingerprint density at radius 2 is 1.72 bits per heavy atom. The van der Waals surface area contributed by atoms with Crippen molar-refractivity contribution in [3.8, 4) is 0 Å². The summed E-state index contributed by atoms with van der Waals surface area (Å²) in [6, 6.07) is 13.6. The number of rotatable bonds is 3. The average Bonchev–Trinajstić information content (AvgIpc) is 2.55. The van der Waals surface area contributed by atoms with Crippen molar-refractivity contribution in [1.82, 2.24) is 0 Å². The third kappa shape index (κ3) is 3.50. The van der Waals surface area contributed by atoms with Crippen LogP contribution in [-0.4, -0.2) is 26.9 Å². The highest BCUT2D eigenvalue weighted by atomic mass is 35.5. The Kier molecular flexibility index (Phi) is 4.75. The number of carbonyl (C=O) groups excluding carboxylic acids is 1. The second-order valence-electron chi connectivity index (χ2n) is 6.14. The van der Waals surface area contributed by atoms with Gasteiger partial charge in [0.25, 0.3) is 0 Å².